The number of nitro groups is 1. The molecule has 146 valence electrons. The molecule has 0 bridgehead atoms. The zero-order valence-electron chi connectivity index (χ0n) is 15.5. The highest BCUT2D eigenvalue weighted by atomic mass is 32.2. The molecule has 1 aliphatic heterocycles. The van der Waals surface area contributed by atoms with Gasteiger partial charge >= 0.3 is 0 Å². The summed E-state index contributed by atoms with van der Waals surface area (Å²) in [5, 5.41) is 10.6. The quantitative estimate of drug-likeness (QED) is 0.286. The number of rotatable bonds is 8. The van der Waals surface area contributed by atoms with E-state index in [1.807, 2.05) is 0 Å². The monoisotopic (exact) mass is 390 g/mol. The third kappa shape index (κ3) is 5.09. The maximum Gasteiger partial charge on any atom is 0.269 e. The number of piperidine rings is 1. The van der Waals surface area contributed by atoms with Gasteiger partial charge in [-0.1, -0.05) is 25.0 Å². The van der Waals surface area contributed by atoms with E-state index in [1.165, 1.54) is 17.0 Å². The number of benzene rings is 1. The van der Waals surface area contributed by atoms with Gasteiger partial charge in [-0.15, -0.1) is 0 Å². The van der Waals surface area contributed by atoms with Crippen LogP contribution in [0.5, 0.6) is 0 Å². The number of nitrogens with zero attached hydrogens (tertiary/aromatic N) is 2. The first-order valence-electron chi connectivity index (χ1n) is 9.63. The van der Waals surface area contributed by atoms with Crippen molar-refractivity contribution in [3.8, 4) is 0 Å². The first-order valence-corrected chi connectivity index (χ1v) is 10.8. The highest BCUT2D eigenvalue weighted by Gasteiger charge is 2.44. The van der Waals surface area contributed by atoms with Gasteiger partial charge in [0.2, 0.25) is 11.8 Å². The first-order chi connectivity index (χ1) is 13.0. The molecule has 1 aromatic rings. The third-order valence-corrected chi connectivity index (χ3v) is 6.77. The minimum Gasteiger partial charge on any atom is -0.283 e. The van der Waals surface area contributed by atoms with Gasteiger partial charge in [0.05, 0.1) is 4.92 Å². The van der Waals surface area contributed by atoms with Crippen LogP contribution in [-0.2, 0) is 15.3 Å². The number of thioether (sulfide) groups is 1. The second kappa shape index (κ2) is 8.87. The lowest BCUT2D eigenvalue weighted by Crippen LogP contribution is -2.47. The zero-order chi connectivity index (χ0) is 19.3. The van der Waals surface area contributed by atoms with E-state index in [0.29, 0.717) is 19.4 Å². The SMILES string of the molecule is O=C1CC2(CCCC2)CC(=O)N1CCCCSCc1ccc([N+](=O)[O-])cc1. The van der Waals surface area contributed by atoms with Crippen LogP contribution in [0.2, 0.25) is 0 Å². The standard InChI is InChI=1S/C20H26N2O4S/c23-18-13-20(9-1-2-10-20)14-19(24)21(18)11-3-4-12-27-15-16-5-7-17(8-6-16)22(25)26/h5-8H,1-4,9-15H2. The number of non-ortho nitro benzene ring substituents is 1. The Morgan fingerprint density at radius 3 is 2.26 bits per heavy atom. The van der Waals surface area contributed by atoms with Gasteiger partial charge in [-0.25, -0.2) is 0 Å². The molecule has 0 unspecified atom stereocenters. The predicted octanol–water partition coefficient (Wildman–Crippen LogP) is 4.32. The van der Waals surface area contributed by atoms with Crippen LogP contribution >= 0.6 is 11.8 Å². The van der Waals surface area contributed by atoms with Crippen LogP contribution in [0.15, 0.2) is 24.3 Å². The van der Waals surface area contributed by atoms with Crippen LogP contribution in [0.25, 0.3) is 0 Å². The summed E-state index contributed by atoms with van der Waals surface area (Å²) in [4.78, 5) is 36.5. The van der Waals surface area contributed by atoms with Crippen molar-refractivity contribution in [2.24, 2.45) is 5.41 Å². The summed E-state index contributed by atoms with van der Waals surface area (Å²) >= 11 is 1.77. The molecular formula is C20H26N2O4S. The third-order valence-electron chi connectivity index (χ3n) is 5.66. The highest BCUT2D eigenvalue weighted by molar-refractivity contribution is 7.98. The zero-order valence-corrected chi connectivity index (χ0v) is 16.3. The summed E-state index contributed by atoms with van der Waals surface area (Å²) in [5.41, 5.74) is 1.15. The first kappa shape index (κ1) is 19.9. The Balaban J connectivity index is 1.33. The number of imide groups is 1. The number of amides is 2. The van der Waals surface area contributed by atoms with Crippen molar-refractivity contribution in [2.75, 3.05) is 12.3 Å². The average molecular weight is 391 g/mol. The molecule has 2 fully saturated rings. The molecular weight excluding hydrogens is 364 g/mol. The Labute approximate surface area is 163 Å². The predicted molar refractivity (Wildman–Crippen MR) is 105 cm³/mol. The molecule has 0 N–H and O–H groups in total. The van der Waals surface area contributed by atoms with Crippen LogP contribution < -0.4 is 0 Å². The smallest absolute Gasteiger partial charge is 0.269 e. The van der Waals surface area contributed by atoms with Gasteiger partial charge in [0.1, 0.15) is 0 Å². The average Bonchev–Trinajstić information content (AvgIpc) is 3.07. The summed E-state index contributed by atoms with van der Waals surface area (Å²) in [6, 6.07) is 6.63. The largest absolute Gasteiger partial charge is 0.283 e. The second-order valence-electron chi connectivity index (χ2n) is 7.68. The summed E-state index contributed by atoms with van der Waals surface area (Å²) < 4.78 is 0. The van der Waals surface area contributed by atoms with Crippen LogP contribution in [0.4, 0.5) is 5.69 Å². The molecule has 1 saturated heterocycles. The Kier molecular flexibility index (Phi) is 6.52. The molecule has 1 saturated carbocycles. The van der Waals surface area contributed by atoms with Crippen molar-refractivity contribution >= 4 is 29.3 Å². The molecule has 2 amide bonds. The van der Waals surface area contributed by atoms with E-state index in [9.17, 15) is 19.7 Å². The van der Waals surface area contributed by atoms with E-state index in [4.69, 9.17) is 0 Å². The van der Waals surface area contributed by atoms with E-state index in [0.717, 1.165) is 55.6 Å². The molecule has 0 aromatic heterocycles. The van der Waals surface area contributed by atoms with Crippen molar-refractivity contribution in [3.05, 3.63) is 39.9 Å². The van der Waals surface area contributed by atoms with Gasteiger partial charge in [0.15, 0.2) is 0 Å². The number of hydrogen-bond acceptors (Lipinski definition) is 5. The molecule has 1 heterocycles. The normalized spacial score (nSPS) is 19.0. The molecule has 27 heavy (non-hydrogen) atoms. The molecule has 3 rings (SSSR count). The van der Waals surface area contributed by atoms with Gasteiger partial charge < -0.3 is 0 Å². The van der Waals surface area contributed by atoms with Crippen LogP contribution in [0.1, 0.15) is 56.9 Å². The van der Waals surface area contributed by atoms with E-state index in [2.05, 4.69) is 0 Å². The lowest BCUT2D eigenvalue weighted by molar-refractivity contribution is -0.384. The van der Waals surface area contributed by atoms with Crippen LogP contribution in [0, 0.1) is 15.5 Å². The summed E-state index contributed by atoms with van der Waals surface area (Å²) in [6.07, 6.45) is 7.22. The summed E-state index contributed by atoms with van der Waals surface area (Å²) in [7, 11) is 0. The van der Waals surface area contributed by atoms with Crippen molar-refractivity contribution in [3.63, 3.8) is 0 Å². The van der Waals surface area contributed by atoms with Gasteiger partial charge in [0.25, 0.3) is 5.69 Å². The maximum atomic E-state index is 12.4. The van der Waals surface area contributed by atoms with E-state index in [1.54, 1.807) is 23.9 Å². The maximum absolute atomic E-state index is 12.4. The molecule has 0 atom stereocenters. The molecule has 1 spiro atoms. The highest BCUT2D eigenvalue weighted by Crippen LogP contribution is 2.46. The van der Waals surface area contributed by atoms with Crippen molar-refractivity contribution in [1.29, 1.82) is 0 Å². The summed E-state index contributed by atoms with van der Waals surface area (Å²) in [6.45, 7) is 0.534. The number of carbonyl (C=O) groups excluding carboxylic acids is 2. The van der Waals surface area contributed by atoms with Gasteiger partial charge in [-0.3, -0.25) is 24.6 Å². The molecule has 2 aliphatic rings. The van der Waals surface area contributed by atoms with E-state index < -0.39 is 4.92 Å². The molecule has 0 radical (unpaired) electrons. The molecule has 1 aromatic carbocycles. The number of carbonyl (C=O) groups is 2. The van der Waals surface area contributed by atoms with E-state index >= 15 is 0 Å². The van der Waals surface area contributed by atoms with Gasteiger partial charge in [0, 0.05) is 37.3 Å². The fourth-order valence-electron chi connectivity index (χ4n) is 4.14. The minimum absolute atomic E-state index is 0.0201. The number of likely N-dealkylation sites (tertiary alicyclic amines) is 1. The summed E-state index contributed by atoms with van der Waals surface area (Å²) in [5.74, 6) is 1.79. The Hall–Kier alpha value is -1.89. The van der Waals surface area contributed by atoms with Gasteiger partial charge in [-0.2, -0.15) is 11.8 Å². The van der Waals surface area contributed by atoms with Crippen molar-refractivity contribution < 1.29 is 14.5 Å². The Morgan fingerprint density at radius 2 is 1.67 bits per heavy atom. The molecule has 7 heteroatoms. The fourth-order valence-corrected chi connectivity index (χ4v) is 5.12. The lowest BCUT2D eigenvalue weighted by Gasteiger charge is -2.37. The van der Waals surface area contributed by atoms with Crippen molar-refractivity contribution in [1.82, 2.24) is 4.90 Å². The lowest BCUT2D eigenvalue weighted by atomic mass is 9.76. The Bertz CT molecular complexity index is 678. The van der Waals surface area contributed by atoms with Gasteiger partial charge in [-0.05, 0) is 42.4 Å². The van der Waals surface area contributed by atoms with E-state index in [-0.39, 0.29) is 22.9 Å². The number of hydrogen-bond donors (Lipinski definition) is 0. The Morgan fingerprint density at radius 1 is 1.04 bits per heavy atom. The van der Waals surface area contributed by atoms with Crippen LogP contribution in [-0.4, -0.2) is 33.9 Å². The minimum atomic E-state index is -0.394. The molecule has 6 nitrogen and oxygen atoms in total. The number of nitro benzene ring substituents is 1. The van der Waals surface area contributed by atoms with Crippen LogP contribution in [0.3, 0.4) is 0 Å². The second-order valence-corrected chi connectivity index (χ2v) is 8.79. The number of unbranched alkanes of at least 4 members (excludes halogenated alkanes) is 1. The topological polar surface area (TPSA) is 80.5 Å². The van der Waals surface area contributed by atoms with Crippen molar-refractivity contribution in [2.45, 2.75) is 57.1 Å². The molecule has 1 aliphatic carbocycles. The fraction of sp³-hybridized carbons (Fsp3) is 0.600.